The highest BCUT2D eigenvalue weighted by atomic mass is 32.2. The summed E-state index contributed by atoms with van der Waals surface area (Å²) in [5.41, 5.74) is 2.55. The highest BCUT2D eigenvalue weighted by Gasteiger charge is 2.26. The first-order valence-electron chi connectivity index (χ1n) is 8.92. The van der Waals surface area contributed by atoms with Crippen LogP contribution in [0.15, 0.2) is 36.4 Å². The van der Waals surface area contributed by atoms with E-state index in [0.717, 1.165) is 5.56 Å². The topological polar surface area (TPSA) is 110 Å². The van der Waals surface area contributed by atoms with Gasteiger partial charge in [-0.2, -0.15) is 0 Å². The van der Waals surface area contributed by atoms with Crippen LogP contribution in [0.1, 0.15) is 34.8 Å². The SMILES string of the molecule is CCS(=O)(=O)N1CCCc2cc(NC(=O)c3ccc(C)c([N+](=O)[O-])c3)ccc21. The second-order valence-corrected chi connectivity index (χ2v) is 8.81. The van der Waals surface area contributed by atoms with Crippen LogP contribution in [0.5, 0.6) is 0 Å². The maximum absolute atomic E-state index is 12.5. The van der Waals surface area contributed by atoms with Crippen LogP contribution in [0.4, 0.5) is 17.1 Å². The van der Waals surface area contributed by atoms with Crippen LogP contribution in [-0.2, 0) is 16.4 Å². The molecule has 0 bridgehead atoms. The number of nitro benzene ring substituents is 1. The van der Waals surface area contributed by atoms with Crippen molar-refractivity contribution in [3.63, 3.8) is 0 Å². The van der Waals surface area contributed by atoms with Crippen LogP contribution in [0.2, 0.25) is 0 Å². The van der Waals surface area contributed by atoms with Crippen molar-refractivity contribution in [1.82, 2.24) is 0 Å². The molecule has 0 unspecified atom stereocenters. The molecule has 8 nitrogen and oxygen atoms in total. The van der Waals surface area contributed by atoms with Gasteiger partial charge in [0.15, 0.2) is 0 Å². The first-order valence-corrected chi connectivity index (χ1v) is 10.5. The summed E-state index contributed by atoms with van der Waals surface area (Å²) in [6, 6.07) is 9.41. The Labute approximate surface area is 163 Å². The standard InChI is InChI=1S/C19H21N3O5S/c1-3-28(26,27)21-10-4-5-14-11-16(8-9-17(14)21)20-19(23)15-7-6-13(2)18(12-15)22(24)25/h6-9,11-12H,3-5,10H2,1-2H3,(H,20,23). The number of anilines is 2. The van der Waals surface area contributed by atoms with Gasteiger partial charge >= 0.3 is 0 Å². The molecule has 9 heteroatoms. The van der Waals surface area contributed by atoms with Gasteiger partial charge in [-0.25, -0.2) is 8.42 Å². The average molecular weight is 403 g/mol. The predicted octanol–water partition coefficient (Wildman–Crippen LogP) is 3.26. The molecule has 0 aliphatic carbocycles. The van der Waals surface area contributed by atoms with Gasteiger partial charge in [0.1, 0.15) is 0 Å². The Morgan fingerprint density at radius 3 is 2.68 bits per heavy atom. The zero-order valence-electron chi connectivity index (χ0n) is 15.6. The Morgan fingerprint density at radius 2 is 2.00 bits per heavy atom. The number of nitrogens with zero attached hydrogens (tertiary/aromatic N) is 2. The highest BCUT2D eigenvalue weighted by Crippen LogP contribution is 2.32. The largest absolute Gasteiger partial charge is 0.322 e. The molecule has 2 aromatic carbocycles. The van der Waals surface area contributed by atoms with Crippen molar-refractivity contribution in [3.05, 3.63) is 63.2 Å². The number of hydrogen-bond donors (Lipinski definition) is 1. The van der Waals surface area contributed by atoms with Crippen molar-refractivity contribution >= 4 is 33.0 Å². The second kappa shape index (κ2) is 7.59. The van der Waals surface area contributed by atoms with Gasteiger partial charge < -0.3 is 5.32 Å². The van der Waals surface area contributed by atoms with Gasteiger partial charge in [0.25, 0.3) is 11.6 Å². The lowest BCUT2D eigenvalue weighted by molar-refractivity contribution is -0.385. The Hall–Kier alpha value is -2.94. The summed E-state index contributed by atoms with van der Waals surface area (Å²) in [6.45, 7) is 3.67. The fourth-order valence-electron chi connectivity index (χ4n) is 3.24. The van der Waals surface area contributed by atoms with Gasteiger partial charge in [-0.05, 0) is 56.5 Å². The Balaban J connectivity index is 1.86. The number of carbonyl (C=O) groups excluding carboxylic acids is 1. The highest BCUT2D eigenvalue weighted by molar-refractivity contribution is 7.92. The quantitative estimate of drug-likeness (QED) is 0.609. The smallest absolute Gasteiger partial charge is 0.273 e. The van der Waals surface area contributed by atoms with E-state index in [2.05, 4.69) is 5.32 Å². The molecule has 0 spiro atoms. The summed E-state index contributed by atoms with van der Waals surface area (Å²) in [4.78, 5) is 23.1. The number of hydrogen-bond acceptors (Lipinski definition) is 5. The molecule has 0 aromatic heterocycles. The molecule has 1 aliphatic heterocycles. The van der Waals surface area contributed by atoms with Crippen LogP contribution in [0.25, 0.3) is 0 Å². The summed E-state index contributed by atoms with van der Waals surface area (Å²) >= 11 is 0. The molecular formula is C19H21N3O5S. The molecule has 1 heterocycles. The second-order valence-electron chi connectivity index (χ2n) is 6.63. The molecule has 1 aliphatic rings. The van der Waals surface area contributed by atoms with Crippen molar-refractivity contribution in [3.8, 4) is 0 Å². The Morgan fingerprint density at radius 1 is 1.25 bits per heavy atom. The molecule has 0 radical (unpaired) electrons. The lowest BCUT2D eigenvalue weighted by atomic mass is 10.0. The third-order valence-electron chi connectivity index (χ3n) is 4.78. The number of rotatable bonds is 5. The minimum absolute atomic E-state index is 0.0249. The van der Waals surface area contributed by atoms with E-state index in [-0.39, 0.29) is 17.0 Å². The zero-order valence-corrected chi connectivity index (χ0v) is 16.5. The molecule has 1 N–H and O–H groups in total. The molecule has 0 fully saturated rings. The molecule has 1 amide bonds. The first-order chi connectivity index (χ1) is 13.2. The summed E-state index contributed by atoms with van der Waals surface area (Å²) < 4.78 is 26.0. The van der Waals surface area contributed by atoms with E-state index in [0.29, 0.717) is 36.3 Å². The van der Waals surface area contributed by atoms with Crippen LogP contribution < -0.4 is 9.62 Å². The molecule has 0 atom stereocenters. The molecule has 28 heavy (non-hydrogen) atoms. The number of amides is 1. The van der Waals surface area contributed by atoms with Gasteiger partial charge in [-0.1, -0.05) is 6.07 Å². The molecular weight excluding hydrogens is 382 g/mol. The number of nitrogens with one attached hydrogen (secondary N) is 1. The number of carbonyl (C=O) groups is 1. The lowest BCUT2D eigenvalue weighted by Gasteiger charge is -2.30. The van der Waals surface area contributed by atoms with Gasteiger partial charge in [0.2, 0.25) is 10.0 Å². The van der Waals surface area contributed by atoms with Crippen molar-refractivity contribution in [2.45, 2.75) is 26.7 Å². The first kappa shape index (κ1) is 19.8. The van der Waals surface area contributed by atoms with E-state index in [9.17, 15) is 23.3 Å². The van der Waals surface area contributed by atoms with Gasteiger partial charge in [-0.15, -0.1) is 0 Å². The summed E-state index contributed by atoms with van der Waals surface area (Å²) in [7, 11) is -3.35. The van der Waals surface area contributed by atoms with E-state index in [1.807, 2.05) is 0 Å². The average Bonchev–Trinajstić information content (AvgIpc) is 2.67. The van der Waals surface area contributed by atoms with E-state index < -0.39 is 20.9 Å². The fraction of sp³-hybridized carbons (Fsp3) is 0.316. The normalized spacial score (nSPS) is 13.7. The molecule has 148 valence electrons. The number of benzene rings is 2. The Bertz CT molecular complexity index is 1050. The maximum Gasteiger partial charge on any atom is 0.273 e. The van der Waals surface area contributed by atoms with Crippen LogP contribution in [0, 0.1) is 17.0 Å². The zero-order chi connectivity index (χ0) is 20.5. The van der Waals surface area contributed by atoms with E-state index in [1.165, 1.54) is 22.5 Å². The fourth-order valence-corrected chi connectivity index (χ4v) is 4.43. The third kappa shape index (κ3) is 3.84. The lowest BCUT2D eigenvalue weighted by Crippen LogP contribution is -2.36. The summed E-state index contributed by atoms with van der Waals surface area (Å²) in [5.74, 6) is -0.436. The number of fused-ring (bicyclic) bond motifs is 1. The molecule has 2 aromatic rings. The third-order valence-corrected chi connectivity index (χ3v) is 6.56. The van der Waals surface area contributed by atoms with Gasteiger partial charge in [-0.3, -0.25) is 19.2 Å². The number of nitro groups is 1. The van der Waals surface area contributed by atoms with Crippen LogP contribution >= 0.6 is 0 Å². The summed E-state index contributed by atoms with van der Waals surface area (Å²) in [6.07, 6.45) is 1.42. The Kier molecular flexibility index (Phi) is 5.37. The maximum atomic E-state index is 12.5. The molecule has 3 rings (SSSR count). The van der Waals surface area contributed by atoms with E-state index in [1.54, 1.807) is 32.0 Å². The number of aryl methyl sites for hydroxylation is 2. The van der Waals surface area contributed by atoms with Crippen molar-refractivity contribution in [2.75, 3.05) is 21.9 Å². The van der Waals surface area contributed by atoms with E-state index >= 15 is 0 Å². The predicted molar refractivity (Wildman–Crippen MR) is 107 cm³/mol. The summed E-state index contributed by atoms with van der Waals surface area (Å²) in [5, 5.41) is 13.8. The van der Waals surface area contributed by atoms with E-state index in [4.69, 9.17) is 0 Å². The molecule has 0 saturated carbocycles. The van der Waals surface area contributed by atoms with Gasteiger partial charge in [0.05, 0.1) is 16.4 Å². The minimum Gasteiger partial charge on any atom is -0.322 e. The number of sulfonamides is 1. The monoisotopic (exact) mass is 403 g/mol. The van der Waals surface area contributed by atoms with Crippen molar-refractivity contribution in [2.24, 2.45) is 0 Å². The molecule has 0 saturated heterocycles. The van der Waals surface area contributed by atoms with Crippen LogP contribution in [0.3, 0.4) is 0 Å². The van der Waals surface area contributed by atoms with Crippen LogP contribution in [-0.4, -0.2) is 31.5 Å². The van der Waals surface area contributed by atoms with Crippen molar-refractivity contribution < 1.29 is 18.1 Å². The van der Waals surface area contributed by atoms with Crippen molar-refractivity contribution in [1.29, 1.82) is 0 Å². The minimum atomic E-state index is -3.35. The van der Waals surface area contributed by atoms with Gasteiger partial charge in [0, 0.05) is 29.4 Å².